The third-order valence-corrected chi connectivity index (χ3v) is 4.70. The quantitative estimate of drug-likeness (QED) is 0.855. The minimum Gasteiger partial charge on any atom is -0.351 e. The number of rotatable bonds is 4. The van der Waals surface area contributed by atoms with Crippen LogP contribution in [-0.4, -0.2) is 23.5 Å². The molecule has 1 aromatic carbocycles. The summed E-state index contributed by atoms with van der Waals surface area (Å²) < 4.78 is 38.0. The number of carbonyl (C=O) groups is 1. The lowest BCUT2D eigenvalue weighted by Gasteiger charge is -2.22. The molecule has 0 radical (unpaired) electrons. The van der Waals surface area contributed by atoms with Crippen LogP contribution >= 0.6 is 27.7 Å². The monoisotopic (exact) mass is 369 g/mol. The summed E-state index contributed by atoms with van der Waals surface area (Å²) in [6, 6.07) is 3.45. The van der Waals surface area contributed by atoms with E-state index in [9.17, 15) is 18.0 Å². The van der Waals surface area contributed by atoms with Crippen molar-refractivity contribution in [2.75, 3.05) is 12.8 Å². The van der Waals surface area contributed by atoms with Crippen molar-refractivity contribution < 1.29 is 18.0 Å². The van der Waals surface area contributed by atoms with Crippen LogP contribution in [0.15, 0.2) is 22.7 Å². The van der Waals surface area contributed by atoms with Crippen molar-refractivity contribution in [2.45, 2.75) is 24.8 Å². The van der Waals surface area contributed by atoms with Gasteiger partial charge in [0.25, 0.3) is 5.91 Å². The van der Waals surface area contributed by atoms with Gasteiger partial charge < -0.3 is 5.32 Å². The van der Waals surface area contributed by atoms with E-state index in [-0.39, 0.29) is 14.8 Å². The van der Waals surface area contributed by atoms with Crippen molar-refractivity contribution in [1.29, 1.82) is 0 Å². The Morgan fingerprint density at radius 3 is 2.45 bits per heavy atom. The molecule has 7 heteroatoms. The molecule has 1 amide bonds. The molecular formula is C13H15BrF3NOS. The number of alkyl halides is 3. The van der Waals surface area contributed by atoms with Gasteiger partial charge in [0.05, 0.1) is 5.56 Å². The van der Waals surface area contributed by atoms with Gasteiger partial charge in [-0.3, -0.25) is 4.79 Å². The van der Waals surface area contributed by atoms with E-state index in [4.69, 9.17) is 0 Å². The van der Waals surface area contributed by atoms with Gasteiger partial charge in [-0.05, 0) is 38.3 Å². The van der Waals surface area contributed by atoms with Gasteiger partial charge >= 0.3 is 6.18 Å². The highest BCUT2D eigenvalue weighted by atomic mass is 79.9. The number of nitrogens with one attached hydrogen (secondary N) is 1. The third-order valence-electron chi connectivity index (χ3n) is 2.76. The molecule has 0 spiro atoms. The van der Waals surface area contributed by atoms with E-state index in [1.807, 2.05) is 20.1 Å². The van der Waals surface area contributed by atoms with Gasteiger partial charge in [0.1, 0.15) is 0 Å². The Kier molecular flexibility index (Phi) is 5.54. The highest BCUT2D eigenvalue weighted by Gasteiger charge is 2.33. The Morgan fingerprint density at radius 2 is 1.95 bits per heavy atom. The van der Waals surface area contributed by atoms with Crippen molar-refractivity contribution in [3.05, 3.63) is 33.8 Å². The largest absolute Gasteiger partial charge is 0.417 e. The molecule has 0 heterocycles. The molecular weight excluding hydrogens is 355 g/mol. The van der Waals surface area contributed by atoms with E-state index < -0.39 is 17.6 Å². The smallest absolute Gasteiger partial charge is 0.351 e. The molecule has 1 aromatic rings. The Hall–Kier alpha value is -0.690. The SMILES string of the molecule is CSC(C)(C)CNC(=O)c1ccc(Br)c(C(F)(F)F)c1. The zero-order chi connectivity index (χ0) is 15.6. The van der Waals surface area contributed by atoms with Gasteiger partial charge in [-0.2, -0.15) is 24.9 Å². The second-order valence-corrected chi connectivity index (χ2v) is 7.21. The Balaban J connectivity index is 2.90. The molecule has 1 rings (SSSR count). The van der Waals surface area contributed by atoms with E-state index in [1.54, 1.807) is 11.8 Å². The summed E-state index contributed by atoms with van der Waals surface area (Å²) in [5, 5.41) is 2.65. The minimum atomic E-state index is -4.49. The maximum absolute atomic E-state index is 12.8. The molecule has 0 unspecified atom stereocenters. The number of halogens is 4. The van der Waals surface area contributed by atoms with Crippen LogP contribution in [0.4, 0.5) is 13.2 Å². The average Bonchev–Trinajstić information content (AvgIpc) is 2.35. The minimum absolute atomic E-state index is 0.00238. The van der Waals surface area contributed by atoms with E-state index >= 15 is 0 Å². The normalized spacial score (nSPS) is 12.3. The maximum Gasteiger partial charge on any atom is 0.417 e. The number of amides is 1. The second kappa shape index (κ2) is 6.39. The number of hydrogen-bond acceptors (Lipinski definition) is 2. The molecule has 20 heavy (non-hydrogen) atoms. The summed E-state index contributed by atoms with van der Waals surface area (Å²) in [6.07, 6.45) is -2.58. The highest BCUT2D eigenvalue weighted by Crippen LogP contribution is 2.35. The number of hydrogen-bond donors (Lipinski definition) is 1. The molecule has 0 aliphatic carbocycles. The fraction of sp³-hybridized carbons (Fsp3) is 0.462. The fourth-order valence-corrected chi connectivity index (χ4v) is 2.04. The molecule has 0 bridgehead atoms. The first kappa shape index (κ1) is 17.4. The van der Waals surface area contributed by atoms with Crippen LogP contribution in [0.1, 0.15) is 29.8 Å². The molecule has 0 fully saturated rings. The van der Waals surface area contributed by atoms with Crippen LogP contribution < -0.4 is 5.32 Å². The molecule has 0 saturated carbocycles. The van der Waals surface area contributed by atoms with Gasteiger partial charge in [0.15, 0.2) is 0 Å². The number of benzene rings is 1. The Labute approximate surface area is 128 Å². The van der Waals surface area contributed by atoms with Crippen LogP contribution in [0.25, 0.3) is 0 Å². The van der Waals surface area contributed by atoms with Crippen molar-refractivity contribution >= 4 is 33.6 Å². The number of carbonyl (C=O) groups excluding carboxylic acids is 1. The summed E-state index contributed by atoms with van der Waals surface area (Å²) in [5.74, 6) is -0.509. The molecule has 0 aromatic heterocycles. The third kappa shape index (κ3) is 4.70. The van der Waals surface area contributed by atoms with Crippen molar-refractivity contribution in [1.82, 2.24) is 5.32 Å². The molecule has 0 atom stereocenters. The lowest BCUT2D eigenvalue weighted by molar-refractivity contribution is -0.138. The van der Waals surface area contributed by atoms with Crippen LogP contribution in [0.3, 0.4) is 0 Å². The van der Waals surface area contributed by atoms with Crippen molar-refractivity contribution in [2.24, 2.45) is 0 Å². The summed E-state index contributed by atoms with van der Waals surface area (Å²) in [4.78, 5) is 11.9. The summed E-state index contributed by atoms with van der Waals surface area (Å²) in [7, 11) is 0. The van der Waals surface area contributed by atoms with E-state index in [2.05, 4.69) is 21.2 Å². The Morgan fingerprint density at radius 1 is 1.35 bits per heavy atom. The summed E-state index contributed by atoms with van der Waals surface area (Å²) >= 11 is 4.41. The predicted octanol–water partition coefficient (Wildman–Crippen LogP) is 4.34. The van der Waals surface area contributed by atoms with Crippen LogP contribution in [0.5, 0.6) is 0 Å². The van der Waals surface area contributed by atoms with Crippen molar-refractivity contribution in [3.63, 3.8) is 0 Å². The van der Waals surface area contributed by atoms with Gasteiger partial charge in [-0.25, -0.2) is 0 Å². The molecule has 1 N–H and O–H groups in total. The average molecular weight is 370 g/mol. The van der Waals surface area contributed by atoms with E-state index in [0.717, 1.165) is 6.07 Å². The van der Waals surface area contributed by atoms with Crippen LogP contribution in [0, 0.1) is 0 Å². The first-order valence-electron chi connectivity index (χ1n) is 5.77. The molecule has 0 saturated heterocycles. The van der Waals surface area contributed by atoms with Crippen LogP contribution in [-0.2, 0) is 6.18 Å². The first-order valence-corrected chi connectivity index (χ1v) is 7.79. The highest BCUT2D eigenvalue weighted by molar-refractivity contribution is 9.10. The van der Waals surface area contributed by atoms with Gasteiger partial charge in [0.2, 0.25) is 0 Å². The van der Waals surface area contributed by atoms with Gasteiger partial charge in [-0.15, -0.1) is 0 Å². The van der Waals surface area contributed by atoms with Crippen molar-refractivity contribution in [3.8, 4) is 0 Å². The van der Waals surface area contributed by atoms with Crippen LogP contribution in [0.2, 0.25) is 0 Å². The summed E-state index contributed by atoms with van der Waals surface area (Å²) in [6.45, 7) is 4.27. The maximum atomic E-state index is 12.8. The zero-order valence-corrected chi connectivity index (χ0v) is 13.7. The van der Waals surface area contributed by atoms with E-state index in [0.29, 0.717) is 6.54 Å². The molecule has 0 aliphatic rings. The van der Waals surface area contributed by atoms with E-state index in [1.165, 1.54) is 12.1 Å². The Bertz CT molecular complexity index is 503. The first-order chi connectivity index (χ1) is 9.07. The summed E-state index contributed by atoms with van der Waals surface area (Å²) in [5.41, 5.74) is -0.855. The topological polar surface area (TPSA) is 29.1 Å². The zero-order valence-electron chi connectivity index (χ0n) is 11.3. The number of thioether (sulfide) groups is 1. The lowest BCUT2D eigenvalue weighted by Crippen LogP contribution is -2.36. The standard InChI is InChI=1S/C13H15BrF3NOS/c1-12(2,20-3)7-18-11(19)8-4-5-10(14)9(6-8)13(15,16)17/h4-6H,7H2,1-3H3,(H,18,19). The molecule has 2 nitrogen and oxygen atoms in total. The second-order valence-electron chi connectivity index (χ2n) is 4.84. The predicted molar refractivity (Wildman–Crippen MR) is 79.1 cm³/mol. The van der Waals surface area contributed by atoms with Gasteiger partial charge in [-0.1, -0.05) is 15.9 Å². The van der Waals surface area contributed by atoms with Gasteiger partial charge in [0, 0.05) is 21.3 Å². The fourth-order valence-electron chi connectivity index (χ4n) is 1.35. The lowest BCUT2D eigenvalue weighted by atomic mass is 10.1. The molecule has 0 aliphatic heterocycles. The molecule has 112 valence electrons.